The fraction of sp³-hybridized carbons (Fsp3) is 0.889. The van der Waals surface area contributed by atoms with E-state index in [1.165, 1.54) is 0 Å². The second kappa shape index (κ2) is 6.00. The third-order valence-corrected chi connectivity index (χ3v) is 1.91. The molecule has 0 unspecified atom stereocenters. The van der Waals surface area contributed by atoms with Gasteiger partial charge in [-0.15, -0.1) is 0 Å². The van der Waals surface area contributed by atoms with Crippen LogP contribution in [0.2, 0.25) is 0 Å². The van der Waals surface area contributed by atoms with Gasteiger partial charge in [-0.1, -0.05) is 12.8 Å². The molecular formula is C9H16O3. The summed E-state index contributed by atoms with van der Waals surface area (Å²) in [4.78, 5) is 10.9. The summed E-state index contributed by atoms with van der Waals surface area (Å²) in [7, 11) is 0. The van der Waals surface area contributed by atoms with Gasteiger partial charge >= 0.3 is 5.97 Å². The number of carbonyl (C=O) groups is 1. The van der Waals surface area contributed by atoms with Gasteiger partial charge in [-0.2, -0.15) is 0 Å². The van der Waals surface area contributed by atoms with E-state index < -0.39 is 0 Å². The zero-order chi connectivity index (χ0) is 8.65. The molecule has 0 bridgehead atoms. The molecule has 0 spiro atoms. The normalized spacial score (nSPS) is 22.5. The molecule has 0 aromatic rings. The molecule has 1 saturated heterocycles. The van der Waals surface area contributed by atoms with Crippen LogP contribution >= 0.6 is 0 Å². The fourth-order valence-electron chi connectivity index (χ4n) is 1.22. The van der Waals surface area contributed by atoms with Gasteiger partial charge in [-0.3, -0.25) is 4.79 Å². The highest BCUT2D eigenvalue weighted by atomic mass is 16.6. The summed E-state index contributed by atoms with van der Waals surface area (Å²) in [6, 6.07) is 0. The van der Waals surface area contributed by atoms with E-state index in [1.807, 2.05) is 0 Å². The van der Waals surface area contributed by atoms with Gasteiger partial charge in [0.05, 0.1) is 6.61 Å². The summed E-state index contributed by atoms with van der Waals surface area (Å²) < 4.78 is 10.1. The van der Waals surface area contributed by atoms with Crippen molar-refractivity contribution in [3.05, 3.63) is 0 Å². The largest absolute Gasteiger partial charge is 0.463 e. The van der Waals surface area contributed by atoms with E-state index in [1.54, 1.807) is 0 Å². The summed E-state index contributed by atoms with van der Waals surface area (Å²) in [5.41, 5.74) is 0. The van der Waals surface area contributed by atoms with E-state index in [4.69, 9.17) is 9.47 Å². The lowest BCUT2D eigenvalue weighted by atomic mass is 10.1. The Bertz CT molecular complexity index is 120. The first-order valence-corrected chi connectivity index (χ1v) is 4.63. The summed E-state index contributed by atoms with van der Waals surface area (Å²) in [5, 5.41) is 0. The highest BCUT2D eigenvalue weighted by molar-refractivity contribution is 5.69. The standard InChI is InChI=1S/C9H16O3/c10-9-5-3-1-2-4-6-11-7-8-12-9/h1-8H2. The molecule has 0 N–H and O–H groups in total. The molecule has 0 aliphatic carbocycles. The molecule has 12 heavy (non-hydrogen) atoms. The Balaban J connectivity index is 2.17. The molecule has 0 saturated carbocycles. The first kappa shape index (κ1) is 9.52. The molecule has 1 heterocycles. The highest BCUT2D eigenvalue weighted by Gasteiger charge is 2.03. The van der Waals surface area contributed by atoms with E-state index in [9.17, 15) is 4.79 Å². The zero-order valence-electron chi connectivity index (χ0n) is 7.38. The monoisotopic (exact) mass is 172 g/mol. The number of carbonyl (C=O) groups excluding carboxylic acids is 1. The van der Waals surface area contributed by atoms with E-state index in [0.29, 0.717) is 19.6 Å². The second-order valence-corrected chi connectivity index (χ2v) is 3.00. The van der Waals surface area contributed by atoms with Crippen molar-refractivity contribution in [1.29, 1.82) is 0 Å². The van der Waals surface area contributed by atoms with E-state index in [-0.39, 0.29) is 5.97 Å². The fourth-order valence-corrected chi connectivity index (χ4v) is 1.22. The summed E-state index contributed by atoms with van der Waals surface area (Å²) in [6.07, 6.45) is 4.90. The maximum Gasteiger partial charge on any atom is 0.305 e. The van der Waals surface area contributed by atoms with Crippen molar-refractivity contribution < 1.29 is 14.3 Å². The van der Waals surface area contributed by atoms with Gasteiger partial charge < -0.3 is 9.47 Å². The van der Waals surface area contributed by atoms with E-state index in [0.717, 1.165) is 32.3 Å². The number of rotatable bonds is 0. The SMILES string of the molecule is O=C1CCCCCCOCCO1. The highest BCUT2D eigenvalue weighted by Crippen LogP contribution is 2.05. The number of hydrogen-bond donors (Lipinski definition) is 0. The molecule has 0 aromatic carbocycles. The lowest BCUT2D eigenvalue weighted by molar-refractivity contribution is -0.145. The maximum atomic E-state index is 10.9. The molecule has 1 fully saturated rings. The van der Waals surface area contributed by atoms with Crippen molar-refractivity contribution in [3.63, 3.8) is 0 Å². The van der Waals surface area contributed by atoms with Crippen molar-refractivity contribution in [2.24, 2.45) is 0 Å². The Morgan fingerprint density at radius 1 is 0.917 bits per heavy atom. The minimum Gasteiger partial charge on any atom is -0.463 e. The molecule has 70 valence electrons. The topological polar surface area (TPSA) is 35.5 Å². The maximum absolute atomic E-state index is 10.9. The van der Waals surface area contributed by atoms with Crippen molar-refractivity contribution in [2.45, 2.75) is 32.1 Å². The predicted molar refractivity (Wildman–Crippen MR) is 44.9 cm³/mol. The molecule has 0 aromatic heterocycles. The van der Waals surface area contributed by atoms with Crippen LogP contribution in [0.3, 0.4) is 0 Å². The van der Waals surface area contributed by atoms with Gasteiger partial charge in [0.15, 0.2) is 0 Å². The van der Waals surface area contributed by atoms with Crippen LogP contribution in [0.4, 0.5) is 0 Å². The smallest absolute Gasteiger partial charge is 0.305 e. The molecule has 3 nitrogen and oxygen atoms in total. The van der Waals surface area contributed by atoms with Gasteiger partial charge in [0, 0.05) is 13.0 Å². The third-order valence-electron chi connectivity index (χ3n) is 1.91. The van der Waals surface area contributed by atoms with Crippen molar-refractivity contribution in [3.8, 4) is 0 Å². The third kappa shape index (κ3) is 4.34. The molecule has 3 heteroatoms. The Kier molecular flexibility index (Phi) is 4.76. The van der Waals surface area contributed by atoms with Gasteiger partial charge in [0.2, 0.25) is 0 Å². The van der Waals surface area contributed by atoms with Crippen molar-refractivity contribution >= 4 is 5.97 Å². The van der Waals surface area contributed by atoms with Gasteiger partial charge in [0.1, 0.15) is 6.61 Å². The zero-order valence-corrected chi connectivity index (χ0v) is 7.38. The Labute approximate surface area is 73.0 Å². The Morgan fingerprint density at radius 2 is 1.75 bits per heavy atom. The van der Waals surface area contributed by atoms with Crippen LogP contribution in [0.25, 0.3) is 0 Å². The molecule has 1 rings (SSSR count). The predicted octanol–water partition coefficient (Wildman–Crippen LogP) is 1.51. The van der Waals surface area contributed by atoms with Gasteiger partial charge in [-0.05, 0) is 12.8 Å². The van der Waals surface area contributed by atoms with Gasteiger partial charge in [0.25, 0.3) is 0 Å². The van der Waals surface area contributed by atoms with Crippen molar-refractivity contribution in [1.82, 2.24) is 0 Å². The Hall–Kier alpha value is -0.570. The van der Waals surface area contributed by atoms with Crippen LogP contribution in [0.15, 0.2) is 0 Å². The second-order valence-electron chi connectivity index (χ2n) is 3.00. The molecule has 0 atom stereocenters. The van der Waals surface area contributed by atoms with Crippen LogP contribution < -0.4 is 0 Å². The lowest BCUT2D eigenvalue weighted by Gasteiger charge is -2.02. The van der Waals surface area contributed by atoms with Crippen LogP contribution in [-0.2, 0) is 14.3 Å². The first-order chi connectivity index (χ1) is 5.89. The minimum absolute atomic E-state index is 0.0829. The summed E-state index contributed by atoms with van der Waals surface area (Å²) in [6.45, 7) is 1.77. The molecule has 0 radical (unpaired) electrons. The van der Waals surface area contributed by atoms with Crippen molar-refractivity contribution in [2.75, 3.05) is 19.8 Å². The van der Waals surface area contributed by atoms with E-state index >= 15 is 0 Å². The molecule has 1 aliphatic rings. The lowest BCUT2D eigenvalue weighted by Crippen LogP contribution is -2.09. The number of ether oxygens (including phenoxy) is 2. The number of esters is 1. The number of hydrogen-bond acceptors (Lipinski definition) is 3. The molecular weight excluding hydrogens is 156 g/mol. The quantitative estimate of drug-likeness (QED) is 0.519. The van der Waals surface area contributed by atoms with Crippen LogP contribution in [0.1, 0.15) is 32.1 Å². The molecule has 0 amide bonds. The van der Waals surface area contributed by atoms with E-state index in [2.05, 4.69) is 0 Å². The summed E-state index contributed by atoms with van der Waals surface area (Å²) >= 11 is 0. The summed E-state index contributed by atoms with van der Waals surface area (Å²) in [5.74, 6) is -0.0829. The molecule has 1 aliphatic heterocycles. The van der Waals surface area contributed by atoms with Gasteiger partial charge in [-0.25, -0.2) is 0 Å². The first-order valence-electron chi connectivity index (χ1n) is 4.63. The Morgan fingerprint density at radius 3 is 2.67 bits per heavy atom. The van der Waals surface area contributed by atoms with Crippen LogP contribution in [0.5, 0.6) is 0 Å². The number of cyclic esters (lactones) is 1. The minimum atomic E-state index is -0.0829. The average molecular weight is 172 g/mol. The average Bonchev–Trinajstić information content (AvgIpc) is 2.11. The van der Waals surface area contributed by atoms with Crippen LogP contribution in [0, 0.1) is 0 Å². The van der Waals surface area contributed by atoms with Crippen LogP contribution in [-0.4, -0.2) is 25.8 Å².